The fraction of sp³-hybridized carbons (Fsp3) is 0.222. The zero-order chi connectivity index (χ0) is 16.2. The van der Waals surface area contributed by atoms with Crippen LogP contribution in [0.2, 0.25) is 0 Å². The van der Waals surface area contributed by atoms with Crippen LogP contribution in [0.4, 0.5) is 5.69 Å². The van der Waals surface area contributed by atoms with Crippen LogP contribution in [0.1, 0.15) is 19.0 Å². The molecule has 23 heavy (non-hydrogen) atoms. The Morgan fingerprint density at radius 1 is 1.17 bits per heavy atom. The second-order valence-corrected chi connectivity index (χ2v) is 6.16. The number of hydrogen-bond acceptors (Lipinski definition) is 5. The highest BCUT2D eigenvalue weighted by molar-refractivity contribution is 7.13. The first kappa shape index (κ1) is 15.5. The van der Waals surface area contributed by atoms with E-state index in [0.29, 0.717) is 5.69 Å². The van der Waals surface area contributed by atoms with E-state index in [9.17, 15) is 5.11 Å². The van der Waals surface area contributed by atoms with Crippen molar-refractivity contribution < 1.29 is 5.11 Å². The zero-order valence-corrected chi connectivity index (χ0v) is 14.0. The minimum atomic E-state index is 0.230. The Balaban J connectivity index is 1.91. The molecular formula is C18H19N3OS. The molecule has 0 saturated carbocycles. The van der Waals surface area contributed by atoms with E-state index in [4.69, 9.17) is 4.98 Å². The smallest absolute Gasteiger partial charge is 0.139 e. The fourth-order valence-electron chi connectivity index (χ4n) is 2.45. The number of aryl methyl sites for hydroxylation is 1. The molecule has 0 bridgehead atoms. The Kier molecular flexibility index (Phi) is 4.57. The molecule has 0 amide bonds. The van der Waals surface area contributed by atoms with Crippen molar-refractivity contribution in [1.29, 1.82) is 0 Å². The number of benzene rings is 1. The number of nitrogens with one attached hydrogen (secondary N) is 1. The number of hydrogen-bond donors (Lipinski definition) is 2. The molecule has 0 aliphatic rings. The number of thiazole rings is 1. The lowest BCUT2D eigenvalue weighted by molar-refractivity contribution is 0.478. The molecule has 0 spiro atoms. The zero-order valence-electron chi connectivity index (χ0n) is 13.2. The summed E-state index contributed by atoms with van der Waals surface area (Å²) in [5, 5.41) is 15.9. The van der Waals surface area contributed by atoms with Crippen LogP contribution in [0.5, 0.6) is 5.75 Å². The number of phenols is 1. The molecule has 0 aliphatic heterocycles. The molecule has 3 aromatic rings. The van der Waals surface area contributed by atoms with Gasteiger partial charge in [0.1, 0.15) is 10.8 Å². The molecule has 2 heterocycles. The van der Waals surface area contributed by atoms with Crippen molar-refractivity contribution in [2.24, 2.45) is 0 Å². The highest BCUT2D eigenvalue weighted by atomic mass is 32.1. The summed E-state index contributed by atoms with van der Waals surface area (Å²) in [7, 11) is 1.78. The Hall–Kier alpha value is -2.40. The predicted molar refractivity (Wildman–Crippen MR) is 96.0 cm³/mol. The van der Waals surface area contributed by atoms with Gasteiger partial charge in [0.2, 0.25) is 0 Å². The molecule has 4 nitrogen and oxygen atoms in total. The summed E-state index contributed by atoms with van der Waals surface area (Å²) in [5.74, 6) is 0.230. The summed E-state index contributed by atoms with van der Waals surface area (Å²) in [5.41, 5.74) is 4.68. The standard InChI is InChI=1S/C18H19N3OS/c1-3-4-14-9-13(7-8-20-14)18-21-16(11-23-18)12-5-6-15(19-2)17(22)10-12/h5-11,19,22H,3-4H2,1-2H3. The molecule has 0 aliphatic carbocycles. The van der Waals surface area contributed by atoms with Crippen LogP contribution < -0.4 is 5.32 Å². The molecule has 2 aromatic heterocycles. The van der Waals surface area contributed by atoms with E-state index in [1.54, 1.807) is 24.5 Å². The third-order valence-electron chi connectivity index (χ3n) is 3.64. The number of pyridine rings is 1. The van der Waals surface area contributed by atoms with Gasteiger partial charge in [0.15, 0.2) is 0 Å². The number of anilines is 1. The second-order valence-electron chi connectivity index (χ2n) is 5.31. The molecule has 0 unspecified atom stereocenters. The van der Waals surface area contributed by atoms with E-state index in [2.05, 4.69) is 23.3 Å². The molecule has 0 atom stereocenters. The first-order valence-electron chi connectivity index (χ1n) is 7.63. The summed E-state index contributed by atoms with van der Waals surface area (Å²) < 4.78 is 0. The van der Waals surface area contributed by atoms with Crippen molar-refractivity contribution in [3.05, 3.63) is 47.6 Å². The Morgan fingerprint density at radius 2 is 2.04 bits per heavy atom. The van der Waals surface area contributed by atoms with E-state index in [-0.39, 0.29) is 5.75 Å². The minimum absolute atomic E-state index is 0.230. The third kappa shape index (κ3) is 3.35. The second kappa shape index (κ2) is 6.79. The van der Waals surface area contributed by atoms with Gasteiger partial charge in [-0.15, -0.1) is 11.3 Å². The maximum Gasteiger partial charge on any atom is 0.139 e. The highest BCUT2D eigenvalue weighted by Crippen LogP contribution is 2.33. The van der Waals surface area contributed by atoms with Crippen molar-refractivity contribution in [3.8, 4) is 27.6 Å². The Labute approximate surface area is 139 Å². The number of aromatic hydroxyl groups is 1. The van der Waals surface area contributed by atoms with Crippen molar-refractivity contribution in [2.45, 2.75) is 19.8 Å². The average Bonchev–Trinajstić information content (AvgIpc) is 3.05. The van der Waals surface area contributed by atoms with Crippen LogP contribution in [0.3, 0.4) is 0 Å². The van der Waals surface area contributed by atoms with Crippen LogP contribution in [0, 0.1) is 0 Å². The number of nitrogens with zero attached hydrogens (tertiary/aromatic N) is 2. The Morgan fingerprint density at radius 3 is 2.78 bits per heavy atom. The Bertz CT molecular complexity index is 814. The van der Waals surface area contributed by atoms with Crippen LogP contribution >= 0.6 is 11.3 Å². The fourth-order valence-corrected chi connectivity index (χ4v) is 3.27. The first-order chi connectivity index (χ1) is 11.2. The third-order valence-corrected chi connectivity index (χ3v) is 4.53. The van der Waals surface area contributed by atoms with Gasteiger partial charge in [0.25, 0.3) is 0 Å². The lowest BCUT2D eigenvalue weighted by Gasteiger charge is -2.05. The summed E-state index contributed by atoms with van der Waals surface area (Å²) >= 11 is 1.60. The quantitative estimate of drug-likeness (QED) is 0.675. The SMILES string of the molecule is CCCc1cc(-c2nc(-c3ccc(NC)c(O)c3)cs2)ccn1. The largest absolute Gasteiger partial charge is 0.506 e. The molecule has 0 saturated heterocycles. The molecular weight excluding hydrogens is 306 g/mol. The van der Waals surface area contributed by atoms with Gasteiger partial charge in [-0.25, -0.2) is 4.98 Å². The van der Waals surface area contributed by atoms with E-state index in [1.165, 1.54) is 0 Å². The van der Waals surface area contributed by atoms with Crippen LogP contribution in [0.25, 0.3) is 21.8 Å². The lowest BCUT2D eigenvalue weighted by atomic mass is 10.1. The lowest BCUT2D eigenvalue weighted by Crippen LogP contribution is -1.90. The molecule has 3 rings (SSSR count). The first-order valence-corrected chi connectivity index (χ1v) is 8.51. The molecule has 2 N–H and O–H groups in total. The monoisotopic (exact) mass is 325 g/mol. The summed E-state index contributed by atoms with van der Waals surface area (Å²) in [6, 6.07) is 9.64. The number of rotatable bonds is 5. The van der Waals surface area contributed by atoms with Crippen LogP contribution in [0.15, 0.2) is 41.9 Å². The van der Waals surface area contributed by atoms with Gasteiger partial charge in [-0.3, -0.25) is 4.98 Å². The minimum Gasteiger partial charge on any atom is -0.506 e. The predicted octanol–water partition coefficient (Wildman–Crippen LogP) is 4.57. The van der Waals surface area contributed by atoms with Crippen molar-refractivity contribution in [2.75, 3.05) is 12.4 Å². The van der Waals surface area contributed by atoms with Gasteiger partial charge >= 0.3 is 0 Å². The van der Waals surface area contributed by atoms with E-state index < -0.39 is 0 Å². The maximum absolute atomic E-state index is 9.98. The van der Waals surface area contributed by atoms with Crippen molar-refractivity contribution >= 4 is 17.0 Å². The van der Waals surface area contributed by atoms with Crippen LogP contribution in [-0.2, 0) is 6.42 Å². The molecule has 118 valence electrons. The van der Waals surface area contributed by atoms with Gasteiger partial charge in [-0.2, -0.15) is 0 Å². The van der Waals surface area contributed by atoms with Gasteiger partial charge in [-0.1, -0.05) is 19.4 Å². The highest BCUT2D eigenvalue weighted by Gasteiger charge is 2.09. The molecule has 0 radical (unpaired) electrons. The summed E-state index contributed by atoms with van der Waals surface area (Å²) in [6.45, 7) is 2.15. The maximum atomic E-state index is 9.98. The van der Waals surface area contributed by atoms with E-state index in [0.717, 1.165) is 40.4 Å². The summed E-state index contributed by atoms with van der Waals surface area (Å²) in [4.78, 5) is 9.09. The average molecular weight is 325 g/mol. The van der Waals surface area contributed by atoms with Gasteiger partial charge in [0.05, 0.1) is 11.4 Å². The normalized spacial score (nSPS) is 10.7. The van der Waals surface area contributed by atoms with Crippen molar-refractivity contribution in [1.82, 2.24) is 9.97 Å². The van der Waals surface area contributed by atoms with E-state index in [1.807, 2.05) is 29.8 Å². The molecule has 0 fully saturated rings. The van der Waals surface area contributed by atoms with Gasteiger partial charge in [-0.05, 0) is 30.7 Å². The van der Waals surface area contributed by atoms with E-state index >= 15 is 0 Å². The number of phenolic OH excluding ortho intramolecular Hbond substituents is 1. The molecule has 5 heteroatoms. The van der Waals surface area contributed by atoms with Crippen molar-refractivity contribution in [3.63, 3.8) is 0 Å². The molecule has 1 aromatic carbocycles. The topological polar surface area (TPSA) is 58.0 Å². The van der Waals surface area contributed by atoms with Gasteiger partial charge < -0.3 is 10.4 Å². The number of aromatic nitrogens is 2. The summed E-state index contributed by atoms with van der Waals surface area (Å²) in [6.07, 6.45) is 3.90. The van der Waals surface area contributed by atoms with Crippen LogP contribution in [-0.4, -0.2) is 22.1 Å². The van der Waals surface area contributed by atoms with Gasteiger partial charge in [0, 0.05) is 35.4 Å².